The molecule has 2 amide bonds. The van der Waals surface area contributed by atoms with Gasteiger partial charge in [-0.2, -0.15) is 0 Å². The van der Waals surface area contributed by atoms with Crippen molar-refractivity contribution in [3.63, 3.8) is 0 Å². The normalized spacial score (nSPS) is 10.5. The molecule has 0 unspecified atom stereocenters. The van der Waals surface area contributed by atoms with Gasteiger partial charge in [0.05, 0.1) is 11.4 Å². The molecule has 0 aliphatic heterocycles. The fourth-order valence-corrected chi connectivity index (χ4v) is 3.23. The number of halogens is 1. The molecule has 0 aliphatic rings. The largest absolute Gasteiger partial charge is 0.351 e. The van der Waals surface area contributed by atoms with Gasteiger partial charge in [-0.25, -0.2) is 4.79 Å². The summed E-state index contributed by atoms with van der Waals surface area (Å²) in [6.45, 7) is 0. The Labute approximate surface area is 158 Å². The van der Waals surface area contributed by atoms with Crippen LogP contribution in [0.2, 0.25) is 5.02 Å². The molecule has 9 heteroatoms. The summed E-state index contributed by atoms with van der Waals surface area (Å²) in [5.74, 6) is 0.128. The molecule has 132 valence electrons. The number of ketones is 1. The lowest BCUT2D eigenvalue weighted by Gasteiger charge is -2.07. The second-order valence-corrected chi connectivity index (χ2v) is 6.62. The maximum atomic E-state index is 12.4. The molecule has 3 N–H and O–H groups in total. The zero-order valence-corrected chi connectivity index (χ0v) is 15.0. The molecule has 0 saturated carbocycles. The number of carbonyl (C=O) groups is 2. The molecule has 0 atom stereocenters. The van der Waals surface area contributed by atoms with E-state index in [0.717, 1.165) is 5.69 Å². The van der Waals surface area contributed by atoms with Gasteiger partial charge in [0, 0.05) is 16.3 Å². The fourth-order valence-electron chi connectivity index (χ4n) is 2.22. The summed E-state index contributed by atoms with van der Waals surface area (Å²) < 4.78 is 1.77. The number of nitrogens with one attached hydrogen (secondary N) is 1. The fraction of sp³-hybridized carbons (Fsp3) is 0.0588. The third kappa shape index (κ3) is 4.41. The van der Waals surface area contributed by atoms with Crippen molar-refractivity contribution < 1.29 is 9.59 Å². The van der Waals surface area contributed by atoms with Crippen LogP contribution in [-0.4, -0.2) is 32.3 Å². The van der Waals surface area contributed by atoms with E-state index in [1.54, 1.807) is 47.3 Å². The van der Waals surface area contributed by atoms with Crippen molar-refractivity contribution in [3.8, 4) is 5.69 Å². The molecule has 0 radical (unpaired) electrons. The van der Waals surface area contributed by atoms with Crippen LogP contribution in [0.15, 0.2) is 60.0 Å². The molecule has 1 aromatic heterocycles. The average molecular weight is 388 g/mol. The quantitative estimate of drug-likeness (QED) is 0.498. The standard InChI is InChI=1S/C17H14ClN5O2S/c18-12-2-1-3-14(8-12)23-10-20-22-17(23)26-9-15(24)11-4-6-13(7-5-11)21-16(19)25/h1-8,10H,9H2,(H3,19,21,25). The first-order valence-corrected chi connectivity index (χ1v) is 8.88. The first-order chi connectivity index (χ1) is 12.5. The number of hydrogen-bond acceptors (Lipinski definition) is 5. The number of anilines is 1. The topological polar surface area (TPSA) is 103 Å². The van der Waals surface area contributed by atoms with Gasteiger partial charge in [-0.15, -0.1) is 10.2 Å². The van der Waals surface area contributed by atoms with Crippen molar-refractivity contribution in [2.24, 2.45) is 5.73 Å². The van der Waals surface area contributed by atoms with E-state index >= 15 is 0 Å². The van der Waals surface area contributed by atoms with Crippen molar-refractivity contribution in [3.05, 3.63) is 65.4 Å². The van der Waals surface area contributed by atoms with E-state index in [9.17, 15) is 9.59 Å². The van der Waals surface area contributed by atoms with Crippen LogP contribution in [0.5, 0.6) is 0 Å². The van der Waals surface area contributed by atoms with Gasteiger partial charge in [-0.3, -0.25) is 9.36 Å². The minimum absolute atomic E-state index is 0.0683. The highest BCUT2D eigenvalue weighted by molar-refractivity contribution is 7.99. The van der Waals surface area contributed by atoms with Crippen molar-refractivity contribution in [1.82, 2.24) is 14.8 Å². The highest BCUT2D eigenvalue weighted by Crippen LogP contribution is 2.22. The summed E-state index contributed by atoms with van der Waals surface area (Å²) >= 11 is 7.30. The van der Waals surface area contributed by atoms with Crippen molar-refractivity contribution in [2.45, 2.75) is 5.16 Å². The molecule has 0 aliphatic carbocycles. The molecule has 1 heterocycles. The van der Waals surface area contributed by atoms with Crippen LogP contribution >= 0.6 is 23.4 Å². The number of nitrogens with zero attached hydrogens (tertiary/aromatic N) is 3. The van der Waals surface area contributed by atoms with Crippen molar-refractivity contribution in [1.29, 1.82) is 0 Å². The maximum Gasteiger partial charge on any atom is 0.316 e. The number of amides is 2. The van der Waals surface area contributed by atoms with Gasteiger partial charge in [-0.05, 0) is 42.5 Å². The van der Waals surface area contributed by atoms with Crippen LogP contribution in [0, 0.1) is 0 Å². The van der Waals surface area contributed by atoms with Gasteiger partial charge in [0.15, 0.2) is 10.9 Å². The number of Topliss-reactive ketones (excluding diaryl/α,β-unsaturated/α-hetero) is 1. The molecule has 3 aromatic rings. The zero-order chi connectivity index (χ0) is 18.5. The Balaban J connectivity index is 1.67. The molecular weight excluding hydrogens is 374 g/mol. The summed E-state index contributed by atoms with van der Waals surface area (Å²) in [4.78, 5) is 23.2. The lowest BCUT2D eigenvalue weighted by molar-refractivity contribution is 0.102. The number of carbonyl (C=O) groups excluding carboxylic acids is 2. The van der Waals surface area contributed by atoms with Gasteiger partial charge in [-0.1, -0.05) is 29.4 Å². The highest BCUT2D eigenvalue weighted by atomic mass is 35.5. The number of urea groups is 1. The van der Waals surface area contributed by atoms with E-state index in [2.05, 4.69) is 15.5 Å². The number of benzene rings is 2. The monoisotopic (exact) mass is 387 g/mol. The number of thioether (sulfide) groups is 1. The van der Waals surface area contributed by atoms with E-state index < -0.39 is 6.03 Å². The SMILES string of the molecule is NC(=O)Nc1ccc(C(=O)CSc2nncn2-c2cccc(Cl)c2)cc1. The van der Waals surface area contributed by atoms with Crippen molar-refractivity contribution in [2.75, 3.05) is 11.1 Å². The maximum absolute atomic E-state index is 12.4. The number of aromatic nitrogens is 3. The summed E-state index contributed by atoms with van der Waals surface area (Å²) in [6.07, 6.45) is 1.57. The van der Waals surface area contributed by atoms with Gasteiger partial charge in [0.25, 0.3) is 0 Å². The van der Waals surface area contributed by atoms with E-state index in [1.165, 1.54) is 11.8 Å². The minimum atomic E-state index is -0.653. The Morgan fingerprint density at radius 1 is 1.19 bits per heavy atom. The lowest BCUT2D eigenvalue weighted by Crippen LogP contribution is -2.19. The number of hydrogen-bond donors (Lipinski definition) is 2. The summed E-state index contributed by atoms with van der Waals surface area (Å²) in [5.41, 5.74) is 6.93. The van der Waals surface area contributed by atoms with Crippen LogP contribution in [0.1, 0.15) is 10.4 Å². The number of primary amides is 1. The van der Waals surface area contributed by atoms with Crippen molar-refractivity contribution >= 4 is 40.9 Å². The Kier molecular flexibility index (Phi) is 5.55. The second-order valence-electron chi connectivity index (χ2n) is 5.24. The lowest BCUT2D eigenvalue weighted by atomic mass is 10.1. The predicted molar refractivity (Wildman–Crippen MR) is 101 cm³/mol. The van der Waals surface area contributed by atoms with Gasteiger partial charge >= 0.3 is 6.03 Å². The second kappa shape index (κ2) is 8.03. The molecule has 2 aromatic carbocycles. The molecule has 3 rings (SSSR count). The smallest absolute Gasteiger partial charge is 0.316 e. The summed E-state index contributed by atoms with van der Waals surface area (Å²) in [6, 6.07) is 13.1. The molecule has 26 heavy (non-hydrogen) atoms. The van der Waals surface area contributed by atoms with E-state index in [1.807, 2.05) is 12.1 Å². The van der Waals surface area contributed by atoms with Gasteiger partial charge in [0.1, 0.15) is 6.33 Å². The van der Waals surface area contributed by atoms with Crippen LogP contribution in [0.25, 0.3) is 5.69 Å². The Morgan fingerprint density at radius 3 is 2.65 bits per heavy atom. The Hall–Kier alpha value is -2.84. The van der Waals surface area contributed by atoms with Crippen LogP contribution in [0.3, 0.4) is 0 Å². The van der Waals surface area contributed by atoms with E-state index in [4.69, 9.17) is 17.3 Å². The zero-order valence-electron chi connectivity index (χ0n) is 13.4. The Morgan fingerprint density at radius 2 is 1.96 bits per heavy atom. The average Bonchev–Trinajstić information content (AvgIpc) is 3.08. The van der Waals surface area contributed by atoms with Gasteiger partial charge < -0.3 is 11.1 Å². The Bertz CT molecular complexity index is 942. The van der Waals surface area contributed by atoms with Crippen LogP contribution < -0.4 is 11.1 Å². The number of nitrogens with two attached hydrogens (primary N) is 1. The van der Waals surface area contributed by atoms with E-state index in [-0.39, 0.29) is 11.5 Å². The molecular formula is C17H14ClN5O2S. The molecule has 0 fully saturated rings. The predicted octanol–water partition coefficient (Wildman–Crippen LogP) is 3.39. The highest BCUT2D eigenvalue weighted by Gasteiger charge is 2.12. The van der Waals surface area contributed by atoms with Crippen LogP contribution in [0.4, 0.5) is 10.5 Å². The van der Waals surface area contributed by atoms with E-state index in [0.29, 0.717) is 21.4 Å². The first kappa shape index (κ1) is 18.0. The van der Waals surface area contributed by atoms with Gasteiger partial charge in [0.2, 0.25) is 0 Å². The summed E-state index contributed by atoms with van der Waals surface area (Å²) in [5, 5.41) is 11.6. The third-order valence-corrected chi connectivity index (χ3v) is 4.59. The number of rotatable bonds is 6. The summed E-state index contributed by atoms with van der Waals surface area (Å²) in [7, 11) is 0. The van der Waals surface area contributed by atoms with Crippen LogP contribution in [-0.2, 0) is 0 Å². The molecule has 0 saturated heterocycles. The third-order valence-electron chi connectivity index (χ3n) is 3.41. The molecule has 7 nitrogen and oxygen atoms in total. The minimum Gasteiger partial charge on any atom is -0.351 e. The molecule has 0 bridgehead atoms. The molecule has 0 spiro atoms. The first-order valence-electron chi connectivity index (χ1n) is 7.51.